The quantitative estimate of drug-likeness (QED) is 0.0542. The standard InChI is InChI=1S/C28H48N7O17P3S/c1-16(2)6-5-7-19(37)56-11-10-30-18(36)8-9-31-26(40)23(39)28(3,4)13-49-55(46,47)52-54(44,45)48-12-17-22(51-53(41,42)43)21(38)27(50-17)35-15-34-20-24(29)32-14-33-25(20)35/h14-17,21-23,27,38-39H,5-13H2,1-4H3,(H,30,36)(H,31,40)(H,44,45)(H,46,47)(H2,29,32,33)(H2,41,42,43). The van der Waals surface area contributed by atoms with Gasteiger partial charge in [-0.25, -0.2) is 28.6 Å². The first kappa shape index (κ1) is 47.9. The van der Waals surface area contributed by atoms with Crippen LogP contribution in [0.5, 0.6) is 0 Å². The summed E-state index contributed by atoms with van der Waals surface area (Å²) in [6.07, 6.45) is -4.68. The second kappa shape index (κ2) is 20.5. The molecule has 2 aromatic heterocycles. The highest BCUT2D eigenvalue weighted by atomic mass is 32.2. The number of imidazole rings is 1. The molecule has 7 atom stereocenters. The van der Waals surface area contributed by atoms with E-state index >= 15 is 0 Å². The van der Waals surface area contributed by atoms with Gasteiger partial charge in [-0.05, 0) is 12.3 Å². The van der Waals surface area contributed by atoms with Gasteiger partial charge < -0.3 is 50.9 Å². The fraction of sp³-hybridized carbons (Fsp3) is 0.714. The van der Waals surface area contributed by atoms with Gasteiger partial charge in [0.15, 0.2) is 22.8 Å². The van der Waals surface area contributed by atoms with Crippen LogP contribution in [-0.2, 0) is 50.7 Å². The van der Waals surface area contributed by atoms with Crippen molar-refractivity contribution in [2.24, 2.45) is 11.3 Å². The Hall–Kier alpha value is -2.44. The first-order chi connectivity index (χ1) is 25.9. The van der Waals surface area contributed by atoms with E-state index in [0.29, 0.717) is 18.1 Å². The molecule has 1 saturated heterocycles. The number of anilines is 1. The van der Waals surface area contributed by atoms with Crippen molar-refractivity contribution in [1.82, 2.24) is 30.2 Å². The molecule has 24 nitrogen and oxygen atoms in total. The maximum atomic E-state index is 12.7. The van der Waals surface area contributed by atoms with E-state index < -0.39 is 84.6 Å². The van der Waals surface area contributed by atoms with Crippen LogP contribution in [-0.4, -0.2) is 123 Å². The number of aliphatic hydroxyl groups excluding tert-OH is 2. The van der Waals surface area contributed by atoms with Crippen LogP contribution in [0.3, 0.4) is 0 Å². The summed E-state index contributed by atoms with van der Waals surface area (Å²) < 4.78 is 62.1. The second-order valence-corrected chi connectivity index (χ2v) is 19.0. The number of hydrogen-bond donors (Lipinski definition) is 9. The summed E-state index contributed by atoms with van der Waals surface area (Å²) in [5, 5.41) is 26.4. The number of phosphoric acid groups is 3. The molecule has 1 aliphatic rings. The highest BCUT2D eigenvalue weighted by Crippen LogP contribution is 2.61. The van der Waals surface area contributed by atoms with Crippen molar-refractivity contribution in [3.8, 4) is 0 Å². The maximum Gasteiger partial charge on any atom is 0.481 e. The van der Waals surface area contributed by atoms with Gasteiger partial charge in [0.05, 0.1) is 19.5 Å². The highest BCUT2D eigenvalue weighted by Gasteiger charge is 2.50. The molecule has 0 aromatic carbocycles. The maximum absolute atomic E-state index is 12.7. The summed E-state index contributed by atoms with van der Waals surface area (Å²) >= 11 is 1.12. The Morgan fingerprint density at radius 1 is 1.04 bits per heavy atom. The van der Waals surface area contributed by atoms with Crippen LogP contribution in [0.1, 0.15) is 59.6 Å². The van der Waals surface area contributed by atoms with E-state index in [2.05, 4.69) is 48.3 Å². The minimum absolute atomic E-state index is 0.0319. The average Bonchev–Trinajstić information content (AvgIpc) is 3.64. The molecule has 56 heavy (non-hydrogen) atoms. The van der Waals surface area contributed by atoms with Crippen molar-refractivity contribution in [1.29, 1.82) is 0 Å². The summed E-state index contributed by atoms with van der Waals surface area (Å²) in [6, 6.07) is 0. The number of nitrogen functional groups attached to an aromatic ring is 1. The Morgan fingerprint density at radius 3 is 2.38 bits per heavy atom. The Morgan fingerprint density at radius 2 is 1.71 bits per heavy atom. The third-order valence-electron chi connectivity index (χ3n) is 7.93. The lowest BCUT2D eigenvalue weighted by Crippen LogP contribution is -2.46. The van der Waals surface area contributed by atoms with Gasteiger partial charge in [-0.15, -0.1) is 0 Å². The molecular weight excluding hydrogens is 831 g/mol. The lowest BCUT2D eigenvalue weighted by molar-refractivity contribution is -0.137. The summed E-state index contributed by atoms with van der Waals surface area (Å²) in [5.41, 5.74) is 4.27. The third kappa shape index (κ3) is 15.1. The number of fused-ring (bicyclic) bond motifs is 1. The lowest BCUT2D eigenvalue weighted by atomic mass is 9.87. The van der Waals surface area contributed by atoms with Crippen LogP contribution in [0.4, 0.5) is 5.82 Å². The van der Waals surface area contributed by atoms with Gasteiger partial charge in [-0.2, -0.15) is 4.31 Å². The van der Waals surface area contributed by atoms with Gasteiger partial charge in [0, 0.05) is 37.1 Å². The number of nitrogens with two attached hydrogens (primary N) is 1. The topological polar surface area (TPSA) is 364 Å². The summed E-state index contributed by atoms with van der Waals surface area (Å²) in [5.74, 6) is -0.538. The van der Waals surface area contributed by atoms with E-state index in [-0.39, 0.29) is 41.6 Å². The Labute approximate surface area is 325 Å². The predicted molar refractivity (Wildman–Crippen MR) is 196 cm³/mol. The zero-order valence-corrected chi connectivity index (χ0v) is 34.3. The van der Waals surface area contributed by atoms with Crippen LogP contribution in [0.15, 0.2) is 12.7 Å². The minimum atomic E-state index is -5.57. The van der Waals surface area contributed by atoms with E-state index in [9.17, 15) is 57.9 Å². The number of hydrogen-bond acceptors (Lipinski definition) is 18. The molecule has 28 heteroatoms. The summed E-state index contributed by atoms with van der Waals surface area (Å²) in [6.45, 7) is 4.70. The molecule has 0 saturated carbocycles. The second-order valence-electron chi connectivity index (χ2n) is 13.6. The van der Waals surface area contributed by atoms with Crippen molar-refractivity contribution < 1.29 is 80.5 Å². The minimum Gasteiger partial charge on any atom is -0.386 e. The van der Waals surface area contributed by atoms with Crippen molar-refractivity contribution in [3.05, 3.63) is 12.7 Å². The molecular formula is C28H48N7O17P3S. The molecule has 1 aliphatic heterocycles. The monoisotopic (exact) mass is 879 g/mol. The Bertz CT molecular complexity index is 1810. The molecule has 0 bridgehead atoms. The van der Waals surface area contributed by atoms with E-state index in [4.69, 9.17) is 19.5 Å². The number of ether oxygens (including phenoxy) is 1. The molecule has 2 amide bonds. The number of nitrogens with zero attached hydrogens (tertiary/aromatic N) is 4. The van der Waals surface area contributed by atoms with Gasteiger partial charge in [0.25, 0.3) is 0 Å². The molecule has 318 valence electrons. The number of aromatic nitrogens is 4. The van der Waals surface area contributed by atoms with Crippen molar-refractivity contribution in [2.75, 3.05) is 37.8 Å². The van der Waals surface area contributed by atoms with E-state index in [1.807, 2.05) is 0 Å². The van der Waals surface area contributed by atoms with Crippen molar-refractivity contribution in [3.63, 3.8) is 0 Å². The van der Waals surface area contributed by atoms with E-state index in [0.717, 1.165) is 41.8 Å². The first-order valence-electron chi connectivity index (χ1n) is 17.0. The molecule has 7 unspecified atom stereocenters. The third-order valence-corrected chi connectivity index (χ3v) is 12.0. The molecule has 0 spiro atoms. The number of carbonyl (C=O) groups is 3. The number of nitrogens with one attached hydrogen (secondary N) is 2. The van der Waals surface area contributed by atoms with Crippen LogP contribution in [0.2, 0.25) is 0 Å². The van der Waals surface area contributed by atoms with Crippen LogP contribution < -0.4 is 16.4 Å². The number of amides is 2. The highest BCUT2D eigenvalue weighted by molar-refractivity contribution is 8.13. The molecule has 10 N–H and O–H groups in total. The Kier molecular flexibility index (Phi) is 17.5. The van der Waals surface area contributed by atoms with Crippen LogP contribution in [0.25, 0.3) is 11.2 Å². The van der Waals surface area contributed by atoms with E-state index in [1.54, 1.807) is 0 Å². The molecule has 3 heterocycles. The Balaban J connectivity index is 1.47. The van der Waals surface area contributed by atoms with Crippen LogP contribution >= 0.6 is 35.2 Å². The number of rotatable bonds is 23. The zero-order valence-electron chi connectivity index (χ0n) is 30.8. The van der Waals surface area contributed by atoms with E-state index in [1.165, 1.54) is 13.8 Å². The van der Waals surface area contributed by atoms with Gasteiger partial charge in [0.2, 0.25) is 11.8 Å². The van der Waals surface area contributed by atoms with Gasteiger partial charge in [0.1, 0.15) is 36.3 Å². The molecule has 0 radical (unpaired) electrons. The largest absolute Gasteiger partial charge is 0.481 e. The average molecular weight is 880 g/mol. The molecule has 2 aromatic rings. The fourth-order valence-electron chi connectivity index (χ4n) is 5.02. The van der Waals surface area contributed by atoms with Gasteiger partial charge in [-0.1, -0.05) is 45.9 Å². The number of thioether (sulfide) groups is 1. The lowest BCUT2D eigenvalue weighted by Gasteiger charge is -2.30. The van der Waals surface area contributed by atoms with Gasteiger partial charge >= 0.3 is 23.5 Å². The normalized spacial score (nSPS) is 21.8. The first-order valence-corrected chi connectivity index (χ1v) is 22.5. The van der Waals surface area contributed by atoms with Gasteiger partial charge in [-0.3, -0.25) is 32.5 Å². The molecule has 1 fully saturated rings. The number of phosphoric ester groups is 3. The van der Waals surface area contributed by atoms with Crippen LogP contribution in [0, 0.1) is 11.3 Å². The number of aliphatic hydroxyl groups is 2. The summed E-state index contributed by atoms with van der Waals surface area (Å²) in [7, 11) is -16.4. The SMILES string of the molecule is CC(C)CCCC(=O)SCCNC(=O)CCNC(=O)C(O)C(C)(C)COP(=O)(O)OP(=O)(O)OCC1OC(n2cnc3c(N)ncnc32)C(O)C1OP(=O)(O)O. The van der Waals surface area contributed by atoms with Crippen molar-refractivity contribution >= 4 is 69.1 Å². The smallest absolute Gasteiger partial charge is 0.386 e. The summed E-state index contributed by atoms with van der Waals surface area (Å²) in [4.78, 5) is 87.5. The number of carbonyl (C=O) groups excluding carboxylic acids is 3. The zero-order chi connectivity index (χ0) is 42.1. The van der Waals surface area contributed by atoms with Crippen molar-refractivity contribution in [2.45, 2.75) is 84.0 Å². The predicted octanol–water partition coefficient (Wildman–Crippen LogP) is 0.491. The molecule has 3 rings (SSSR count). The molecule has 0 aliphatic carbocycles. The fourth-order valence-corrected chi connectivity index (χ4v) is 8.57.